The minimum absolute atomic E-state index is 0.0972. The minimum atomic E-state index is -0.632. The number of amides is 1. The number of fused-ring (bicyclic) bond motifs is 4. The van der Waals surface area contributed by atoms with Crippen molar-refractivity contribution >= 4 is 22.8 Å². The monoisotopic (exact) mass is 502 g/mol. The van der Waals surface area contributed by atoms with Crippen molar-refractivity contribution < 1.29 is 23.3 Å². The molecular weight excluding hydrogens is 466 g/mol. The van der Waals surface area contributed by atoms with E-state index in [1.807, 2.05) is 42.5 Å². The van der Waals surface area contributed by atoms with Crippen LogP contribution in [0.3, 0.4) is 0 Å². The number of rotatable bonds is 6. The number of para-hydroxylation sites is 1. The molecule has 37 heavy (non-hydrogen) atoms. The molecule has 2 aromatic carbocycles. The number of benzene rings is 2. The van der Waals surface area contributed by atoms with Gasteiger partial charge in [0.15, 0.2) is 17.4 Å². The highest BCUT2D eigenvalue weighted by Gasteiger charge is 2.56. The van der Waals surface area contributed by atoms with Crippen LogP contribution in [0.5, 0.6) is 0 Å². The first-order valence-corrected chi connectivity index (χ1v) is 13.8. The summed E-state index contributed by atoms with van der Waals surface area (Å²) in [7, 11) is 0. The van der Waals surface area contributed by atoms with Gasteiger partial charge in [-0.1, -0.05) is 73.3 Å². The van der Waals surface area contributed by atoms with Crippen molar-refractivity contribution in [1.82, 2.24) is 5.16 Å². The zero-order chi connectivity index (χ0) is 25.5. The van der Waals surface area contributed by atoms with Crippen molar-refractivity contribution in [3.05, 3.63) is 65.9 Å². The molecule has 4 fully saturated rings. The van der Waals surface area contributed by atoms with Crippen LogP contribution in [0.15, 0.2) is 59.1 Å². The Labute approximate surface area is 217 Å². The molecule has 0 spiro atoms. The summed E-state index contributed by atoms with van der Waals surface area (Å²) in [4.78, 5) is 27.1. The maximum absolute atomic E-state index is 14.1. The van der Waals surface area contributed by atoms with Crippen LogP contribution in [-0.4, -0.2) is 47.3 Å². The van der Waals surface area contributed by atoms with E-state index >= 15 is 0 Å². The predicted octanol–water partition coefficient (Wildman–Crippen LogP) is 4.80. The summed E-state index contributed by atoms with van der Waals surface area (Å²) in [6.45, 7) is 2.21. The highest BCUT2D eigenvalue weighted by molar-refractivity contribution is 5.88. The highest BCUT2D eigenvalue weighted by atomic mass is 16.5. The normalized spacial score (nSPS) is 27.9. The summed E-state index contributed by atoms with van der Waals surface area (Å²) < 4.78 is 12.5. The number of aromatic nitrogens is 1. The predicted molar refractivity (Wildman–Crippen MR) is 139 cm³/mol. The van der Waals surface area contributed by atoms with Crippen molar-refractivity contribution in [3.8, 4) is 0 Å². The maximum Gasteiger partial charge on any atom is 0.317 e. The van der Waals surface area contributed by atoms with Crippen molar-refractivity contribution in [3.63, 3.8) is 0 Å². The zero-order valence-corrected chi connectivity index (χ0v) is 21.3. The third-order valence-electron chi connectivity index (χ3n) is 9.37. The van der Waals surface area contributed by atoms with Gasteiger partial charge in [-0.15, -0.1) is 0 Å². The lowest BCUT2D eigenvalue weighted by Crippen LogP contribution is -2.67. The molecule has 2 atom stereocenters. The van der Waals surface area contributed by atoms with E-state index in [0.29, 0.717) is 28.2 Å². The molecule has 7 heteroatoms. The van der Waals surface area contributed by atoms with E-state index in [0.717, 1.165) is 75.4 Å². The van der Waals surface area contributed by atoms with Gasteiger partial charge in [-0.25, -0.2) is 0 Å². The van der Waals surface area contributed by atoms with Gasteiger partial charge in [0.2, 0.25) is 6.04 Å². The van der Waals surface area contributed by atoms with Gasteiger partial charge in [-0.3, -0.25) is 9.59 Å². The lowest BCUT2D eigenvalue weighted by atomic mass is 9.74. The molecule has 7 rings (SSSR count). The van der Waals surface area contributed by atoms with Crippen LogP contribution in [0.4, 0.5) is 0 Å². The maximum atomic E-state index is 14.1. The molecule has 3 saturated heterocycles. The second-order valence-electron chi connectivity index (χ2n) is 11.4. The van der Waals surface area contributed by atoms with Gasteiger partial charge in [0, 0.05) is 18.8 Å². The molecule has 4 heterocycles. The Bertz CT molecular complexity index is 1270. The second kappa shape index (κ2) is 9.60. The summed E-state index contributed by atoms with van der Waals surface area (Å²) in [5.41, 5.74) is 7.77. The van der Waals surface area contributed by atoms with Gasteiger partial charge in [0.05, 0.1) is 23.9 Å². The number of hydrogen-bond donors (Lipinski definition) is 1. The van der Waals surface area contributed by atoms with Crippen LogP contribution in [0.1, 0.15) is 68.7 Å². The molecule has 0 radical (unpaired) electrons. The number of nitrogens with two attached hydrogens (primary N) is 1. The number of hydrogen-bond acceptors (Lipinski definition) is 5. The van der Waals surface area contributed by atoms with Crippen LogP contribution >= 0.6 is 0 Å². The lowest BCUT2D eigenvalue weighted by Gasteiger charge is -2.54. The fourth-order valence-electron chi connectivity index (χ4n) is 7.38. The molecule has 1 saturated carbocycles. The lowest BCUT2D eigenvalue weighted by molar-refractivity contribution is -0.965. The molecule has 7 nitrogen and oxygen atoms in total. The van der Waals surface area contributed by atoms with E-state index in [4.69, 9.17) is 15.0 Å². The molecule has 1 aromatic heterocycles. The van der Waals surface area contributed by atoms with Gasteiger partial charge in [0.25, 0.3) is 5.91 Å². The summed E-state index contributed by atoms with van der Waals surface area (Å²) in [5, 5.41) is 5.14. The Morgan fingerprint density at radius 3 is 2.35 bits per heavy atom. The Kier molecular flexibility index (Phi) is 6.27. The summed E-state index contributed by atoms with van der Waals surface area (Å²) in [6.07, 6.45) is 7.57. The van der Waals surface area contributed by atoms with Gasteiger partial charge < -0.3 is 19.5 Å². The van der Waals surface area contributed by atoms with E-state index in [9.17, 15) is 9.59 Å². The van der Waals surface area contributed by atoms with Gasteiger partial charge in [-0.2, -0.15) is 0 Å². The third kappa shape index (κ3) is 4.13. The van der Waals surface area contributed by atoms with Crippen molar-refractivity contribution in [2.45, 2.75) is 68.9 Å². The number of primary amides is 1. The number of carbonyl (C=O) groups is 2. The largest absolute Gasteiger partial charge is 0.455 e. The van der Waals surface area contributed by atoms with E-state index in [-0.39, 0.29) is 12.1 Å². The first kappa shape index (κ1) is 24.2. The molecule has 1 unspecified atom stereocenters. The number of carbonyl (C=O) groups excluding carboxylic acids is 2. The summed E-state index contributed by atoms with van der Waals surface area (Å²) >= 11 is 0. The van der Waals surface area contributed by atoms with Crippen LogP contribution in [0.25, 0.3) is 11.0 Å². The molecule has 4 aliphatic rings. The van der Waals surface area contributed by atoms with Crippen molar-refractivity contribution in [2.75, 3.05) is 19.6 Å². The van der Waals surface area contributed by atoms with Crippen molar-refractivity contribution in [2.24, 2.45) is 11.7 Å². The van der Waals surface area contributed by atoms with Crippen LogP contribution < -0.4 is 5.73 Å². The molecule has 2 N–H and O–H groups in total. The number of quaternary nitrogens is 1. The quantitative estimate of drug-likeness (QED) is 0.297. The average Bonchev–Trinajstić information content (AvgIpc) is 3.16. The molecule has 1 aliphatic carbocycles. The SMILES string of the molecule is NC(=O)C(c1noc2ccccc12)[N+]12CCC(CC1)[C@@H](OC(=O)C1(c3ccccc3)CCCCCC1)C2. The Morgan fingerprint density at radius 1 is 0.973 bits per heavy atom. The van der Waals surface area contributed by atoms with E-state index < -0.39 is 17.4 Å². The van der Waals surface area contributed by atoms with Gasteiger partial charge >= 0.3 is 5.97 Å². The van der Waals surface area contributed by atoms with E-state index in [1.54, 1.807) is 0 Å². The molecule has 2 bridgehead atoms. The fraction of sp³-hybridized carbons (Fsp3) is 0.500. The number of piperidine rings is 3. The van der Waals surface area contributed by atoms with Gasteiger partial charge in [-0.05, 0) is 30.5 Å². The molecule has 3 aromatic rings. The molecular formula is C30H36N3O4+. The van der Waals surface area contributed by atoms with Crippen molar-refractivity contribution in [1.29, 1.82) is 0 Å². The number of nitrogens with zero attached hydrogens (tertiary/aromatic N) is 2. The topological polar surface area (TPSA) is 95.4 Å². The Hall–Kier alpha value is -3.19. The Morgan fingerprint density at radius 2 is 1.65 bits per heavy atom. The van der Waals surface area contributed by atoms with E-state index in [1.165, 1.54) is 0 Å². The molecule has 1 amide bonds. The first-order valence-electron chi connectivity index (χ1n) is 13.8. The summed E-state index contributed by atoms with van der Waals surface area (Å²) in [5.74, 6) is -0.195. The van der Waals surface area contributed by atoms with Crippen LogP contribution in [0, 0.1) is 5.92 Å². The highest BCUT2D eigenvalue weighted by Crippen LogP contribution is 2.45. The Balaban J connectivity index is 1.31. The summed E-state index contributed by atoms with van der Waals surface area (Å²) in [6, 6.07) is 17.2. The smallest absolute Gasteiger partial charge is 0.317 e. The molecule has 194 valence electrons. The van der Waals surface area contributed by atoms with E-state index in [2.05, 4.69) is 17.3 Å². The number of ether oxygens (including phenoxy) is 1. The average molecular weight is 503 g/mol. The zero-order valence-electron chi connectivity index (χ0n) is 21.3. The fourth-order valence-corrected chi connectivity index (χ4v) is 7.38. The standard InChI is InChI=1S/C30H35N3O4/c31-28(34)27(26-23-12-6-7-13-24(23)37-32-26)33-18-14-21(15-19-33)25(20-33)36-29(35)30(16-8-1-2-9-17-30)22-10-4-3-5-11-22/h3-7,10-13,21,25,27H,1-2,8-9,14-20H2,(H-,31,34)/p+1/t21?,25-,27?,33?/m0/s1. The number of esters is 1. The van der Waals surface area contributed by atoms with Gasteiger partial charge in [0.1, 0.15) is 6.54 Å². The second-order valence-corrected chi connectivity index (χ2v) is 11.4. The minimum Gasteiger partial charge on any atom is -0.455 e. The molecule has 3 aliphatic heterocycles. The van der Waals surface area contributed by atoms with Crippen LogP contribution in [-0.2, 0) is 19.7 Å². The van der Waals surface area contributed by atoms with Crippen LogP contribution in [0.2, 0.25) is 0 Å². The first-order chi connectivity index (χ1) is 18.0. The third-order valence-corrected chi connectivity index (χ3v) is 9.37.